The van der Waals surface area contributed by atoms with E-state index >= 15 is 0 Å². The summed E-state index contributed by atoms with van der Waals surface area (Å²) in [5.74, 6) is -0.583. The van der Waals surface area contributed by atoms with Crippen molar-refractivity contribution in [2.45, 2.75) is 19.4 Å². The van der Waals surface area contributed by atoms with Crippen LogP contribution in [0.2, 0.25) is 0 Å². The van der Waals surface area contributed by atoms with E-state index < -0.39 is 15.9 Å². The number of rotatable bonds is 3. The van der Waals surface area contributed by atoms with E-state index in [4.69, 9.17) is 0 Å². The third-order valence-corrected chi connectivity index (χ3v) is 3.14. The molecule has 0 spiro atoms. The number of fused-ring (bicyclic) bond motifs is 1. The summed E-state index contributed by atoms with van der Waals surface area (Å²) in [7, 11) is -3.57. The maximum atomic E-state index is 13.6. The molecule has 0 aliphatic heterocycles. The van der Waals surface area contributed by atoms with Gasteiger partial charge in [-0.25, -0.2) is 4.39 Å². The van der Waals surface area contributed by atoms with E-state index in [0.29, 0.717) is 29.5 Å². The Kier molecular flexibility index (Phi) is 3.01. The molecule has 0 aromatic heterocycles. The van der Waals surface area contributed by atoms with Crippen molar-refractivity contribution < 1.29 is 21.8 Å². The first-order valence-corrected chi connectivity index (χ1v) is 6.87. The summed E-state index contributed by atoms with van der Waals surface area (Å²) < 4.78 is 39.8. The zero-order valence-corrected chi connectivity index (χ0v) is 10.0. The van der Waals surface area contributed by atoms with E-state index in [0.717, 1.165) is 6.26 Å². The van der Waals surface area contributed by atoms with Crippen LogP contribution in [-0.2, 0) is 27.3 Å². The molecule has 1 aromatic rings. The van der Waals surface area contributed by atoms with E-state index in [2.05, 4.69) is 4.18 Å². The van der Waals surface area contributed by atoms with Crippen LogP contribution in [0.5, 0.6) is 0 Å². The monoisotopic (exact) mass is 258 g/mol. The molecule has 4 nitrogen and oxygen atoms in total. The van der Waals surface area contributed by atoms with Gasteiger partial charge in [0.1, 0.15) is 5.82 Å². The van der Waals surface area contributed by atoms with Crippen LogP contribution in [0.3, 0.4) is 0 Å². The fourth-order valence-electron chi connectivity index (χ4n) is 1.83. The number of ketones is 1. The van der Waals surface area contributed by atoms with Gasteiger partial charge < -0.3 is 0 Å². The molecule has 0 amide bonds. The van der Waals surface area contributed by atoms with Crippen LogP contribution in [0.1, 0.15) is 27.9 Å². The number of hydrogen-bond donors (Lipinski definition) is 0. The number of carbonyl (C=O) groups excluding carboxylic acids is 1. The Morgan fingerprint density at radius 3 is 2.71 bits per heavy atom. The highest BCUT2D eigenvalue weighted by molar-refractivity contribution is 7.85. The van der Waals surface area contributed by atoms with E-state index in [1.165, 1.54) is 12.1 Å². The zero-order chi connectivity index (χ0) is 12.6. The molecule has 0 fully saturated rings. The lowest BCUT2D eigenvalue weighted by atomic mass is 10.1. The second-order valence-electron chi connectivity index (χ2n) is 3.99. The number of Topliss-reactive ketones (excluding diaryl/α,β-unsaturated/α-hetero) is 1. The average molecular weight is 258 g/mol. The van der Waals surface area contributed by atoms with Gasteiger partial charge in [0.25, 0.3) is 10.1 Å². The molecule has 6 heteroatoms. The van der Waals surface area contributed by atoms with Crippen molar-refractivity contribution in [1.82, 2.24) is 0 Å². The fraction of sp³-hybridized carbons (Fsp3) is 0.364. The number of benzene rings is 1. The molecular formula is C11H11FO4S. The van der Waals surface area contributed by atoms with Gasteiger partial charge in [-0.2, -0.15) is 8.42 Å². The lowest BCUT2D eigenvalue weighted by Crippen LogP contribution is -2.04. The molecule has 0 heterocycles. The van der Waals surface area contributed by atoms with Crippen molar-refractivity contribution in [1.29, 1.82) is 0 Å². The van der Waals surface area contributed by atoms with E-state index in [-0.39, 0.29) is 12.4 Å². The van der Waals surface area contributed by atoms with Gasteiger partial charge in [-0.05, 0) is 29.7 Å². The maximum Gasteiger partial charge on any atom is 0.264 e. The normalized spacial score (nSPS) is 15.1. The highest BCUT2D eigenvalue weighted by Gasteiger charge is 2.23. The summed E-state index contributed by atoms with van der Waals surface area (Å²) in [5, 5.41) is 0. The predicted octanol–water partition coefficient (Wildman–Crippen LogP) is 1.43. The van der Waals surface area contributed by atoms with Gasteiger partial charge in [-0.1, -0.05) is 0 Å². The van der Waals surface area contributed by atoms with Gasteiger partial charge in [0.15, 0.2) is 5.78 Å². The SMILES string of the molecule is CS(=O)(=O)OCc1cc(F)c2c(c1)C(=O)CC2. The number of carbonyl (C=O) groups is 1. The van der Waals surface area contributed by atoms with Crippen molar-refractivity contribution in [2.75, 3.05) is 6.26 Å². The Morgan fingerprint density at radius 2 is 2.06 bits per heavy atom. The van der Waals surface area contributed by atoms with Crippen LogP contribution < -0.4 is 0 Å². The topological polar surface area (TPSA) is 60.4 Å². The number of halogens is 1. The molecule has 17 heavy (non-hydrogen) atoms. The van der Waals surface area contributed by atoms with Crippen LogP contribution in [0, 0.1) is 5.82 Å². The van der Waals surface area contributed by atoms with Gasteiger partial charge in [-0.15, -0.1) is 0 Å². The van der Waals surface area contributed by atoms with E-state index in [9.17, 15) is 17.6 Å². The van der Waals surface area contributed by atoms with Crippen molar-refractivity contribution in [2.24, 2.45) is 0 Å². The van der Waals surface area contributed by atoms with Crippen LogP contribution in [-0.4, -0.2) is 20.5 Å². The zero-order valence-electron chi connectivity index (χ0n) is 9.20. The summed E-state index contributed by atoms with van der Waals surface area (Å²) in [6.45, 7) is -0.254. The van der Waals surface area contributed by atoms with Crippen molar-refractivity contribution in [3.63, 3.8) is 0 Å². The Balaban J connectivity index is 2.29. The summed E-state index contributed by atoms with van der Waals surface area (Å²) >= 11 is 0. The first-order chi connectivity index (χ1) is 7.87. The first kappa shape index (κ1) is 12.2. The van der Waals surface area contributed by atoms with Crippen molar-refractivity contribution in [3.8, 4) is 0 Å². The molecule has 0 saturated carbocycles. The Bertz CT molecular complexity index is 577. The molecule has 1 aliphatic carbocycles. The largest absolute Gasteiger partial charge is 0.294 e. The lowest BCUT2D eigenvalue weighted by Gasteiger charge is -2.05. The fourth-order valence-corrected chi connectivity index (χ4v) is 2.18. The van der Waals surface area contributed by atoms with Gasteiger partial charge in [0, 0.05) is 12.0 Å². The Morgan fingerprint density at radius 1 is 1.35 bits per heavy atom. The quantitative estimate of drug-likeness (QED) is 0.769. The molecule has 0 N–H and O–H groups in total. The summed E-state index contributed by atoms with van der Waals surface area (Å²) in [5.41, 5.74) is 1.11. The van der Waals surface area contributed by atoms with Crippen LogP contribution in [0.15, 0.2) is 12.1 Å². The molecule has 0 saturated heterocycles. The molecular weight excluding hydrogens is 247 g/mol. The Labute approximate surface area is 98.5 Å². The molecule has 2 rings (SSSR count). The minimum atomic E-state index is -3.57. The highest BCUT2D eigenvalue weighted by atomic mass is 32.2. The summed E-state index contributed by atoms with van der Waals surface area (Å²) in [6, 6.07) is 2.71. The average Bonchev–Trinajstić information content (AvgIpc) is 2.57. The first-order valence-electron chi connectivity index (χ1n) is 5.06. The van der Waals surface area contributed by atoms with E-state index in [1.54, 1.807) is 0 Å². The lowest BCUT2D eigenvalue weighted by molar-refractivity contribution is 0.0994. The van der Waals surface area contributed by atoms with Gasteiger partial charge in [0.05, 0.1) is 12.9 Å². The van der Waals surface area contributed by atoms with Gasteiger partial charge >= 0.3 is 0 Å². The standard InChI is InChI=1S/C11H11FO4S/c1-17(14,15)16-6-7-4-9-8(10(12)5-7)2-3-11(9)13/h4-5H,2-3,6H2,1H3. The number of hydrogen-bond acceptors (Lipinski definition) is 4. The summed E-state index contributed by atoms with van der Waals surface area (Å²) in [6.07, 6.45) is 1.64. The smallest absolute Gasteiger partial charge is 0.264 e. The van der Waals surface area contributed by atoms with Crippen LogP contribution >= 0.6 is 0 Å². The predicted molar refractivity (Wildman–Crippen MR) is 58.7 cm³/mol. The Hall–Kier alpha value is -1.27. The third kappa shape index (κ3) is 2.70. The molecule has 0 radical (unpaired) electrons. The molecule has 1 aromatic carbocycles. The van der Waals surface area contributed by atoms with Crippen molar-refractivity contribution in [3.05, 3.63) is 34.6 Å². The molecule has 0 bridgehead atoms. The molecule has 0 atom stereocenters. The third-order valence-electron chi connectivity index (χ3n) is 2.60. The van der Waals surface area contributed by atoms with Crippen LogP contribution in [0.25, 0.3) is 0 Å². The van der Waals surface area contributed by atoms with Gasteiger partial charge in [-0.3, -0.25) is 8.98 Å². The molecule has 1 aliphatic rings. The minimum Gasteiger partial charge on any atom is -0.294 e. The van der Waals surface area contributed by atoms with Crippen molar-refractivity contribution >= 4 is 15.9 Å². The van der Waals surface area contributed by atoms with E-state index in [1.807, 2.05) is 0 Å². The van der Waals surface area contributed by atoms with Gasteiger partial charge in [0.2, 0.25) is 0 Å². The molecule has 0 unspecified atom stereocenters. The second-order valence-corrected chi connectivity index (χ2v) is 5.64. The second kappa shape index (κ2) is 4.19. The summed E-state index contributed by atoms with van der Waals surface area (Å²) in [4.78, 5) is 11.4. The maximum absolute atomic E-state index is 13.6. The minimum absolute atomic E-state index is 0.111. The highest BCUT2D eigenvalue weighted by Crippen LogP contribution is 2.26. The molecule has 92 valence electrons. The van der Waals surface area contributed by atoms with Crippen LogP contribution in [0.4, 0.5) is 4.39 Å².